The summed E-state index contributed by atoms with van der Waals surface area (Å²) in [6.45, 7) is -0.859. The number of carboxylic acids is 1. The fourth-order valence-electron chi connectivity index (χ4n) is 2.61. The lowest BCUT2D eigenvalue weighted by Gasteiger charge is -2.20. The Morgan fingerprint density at radius 1 is 1.43 bits per heavy atom. The lowest BCUT2D eigenvalue weighted by molar-refractivity contribution is -0.385. The number of rotatable bonds is 4. The number of carboxylic acid groups (broad SMARTS) is 1. The largest absolute Gasteiger partial charge is 0.490 e. The van der Waals surface area contributed by atoms with Gasteiger partial charge in [-0.25, -0.2) is 0 Å². The van der Waals surface area contributed by atoms with Crippen molar-refractivity contribution in [3.8, 4) is 5.75 Å². The van der Waals surface area contributed by atoms with Crippen LogP contribution in [0.25, 0.3) is 0 Å². The van der Waals surface area contributed by atoms with Gasteiger partial charge in [-0.05, 0) is 6.07 Å². The van der Waals surface area contributed by atoms with Crippen LogP contribution in [0.15, 0.2) is 18.2 Å². The van der Waals surface area contributed by atoms with Crippen LogP contribution in [-0.2, 0) is 4.79 Å². The topological polar surface area (TPSA) is 92.9 Å². The predicted octanol–water partition coefficient (Wildman–Crippen LogP) is 2.30. The summed E-state index contributed by atoms with van der Waals surface area (Å²) >= 11 is 0. The van der Waals surface area contributed by atoms with Crippen molar-refractivity contribution < 1.29 is 32.7 Å². The van der Waals surface area contributed by atoms with E-state index in [1.54, 1.807) is 0 Å². The van der Waals surface area contributed by atoms with E-state index in [0.29, 0.717) is 0 Å². The second-order valence-corrected chi connectivity index (χ2v) is 5.11. The monoisotopic (exact) mass is 334 g/mol. The van der Waals surface area contributed by atoms with Gasteiger partial charge in [0.15, 0.2) is 5.75 Å². The van der Waals surface area contributed by atoms with Crippen molar-refractivity contribution in [1.82, 2.24) is 0 Å². The van der Waals surface area contributed by atoms with Crippen molar-refractivity contribution in [1.29, 1.82) is 0 Å². The van der Waals surface area contributed by atoms with Gasteiger partial charge in [0.1, 0.15) is 0 Å². The van der Waals surface area contributed by atoms with Gasteiger partial charge in [0, 0.05) is 30.9 Å². The van der Waals surface area contributed by atoms with E-state index >= 15 is 0 Å². The zero-order valence-corrected chi connectivity index (χ0v) is 11.9. The third kappa shape index (κ3) is 3.30. The van der Waals surface area contributed by atoms with E-state index in [1.165, 1.54) is 24.1 Å². The number of nitrogens with zero attached hydrogens (tertiary/aromatic N) is 2. The minimum atomic E-state index is -4.64. The number of alkyl halides is 3. The quantitative estimate of drug-likeness (QED) is 0.671. The number of aliphatic carboxylic acids is 1. The Morgan fingerprint density at radius 3 is 2.52 bits per heavy atom. The highest BCUT2D eigenvalue weighted by Gasteiger charge is 2.52. The van der Waals surface area contributed by atoms with Gasteiger partial charge in [-0.1, -0.05) is 0 Å². The fourth-order valence-corrected chi connectivity index (χ4v) is 2.61. The third-order valence-electron chi connectivity index (χ3n) is 3.78. The number of nitro benzene ring substituents is 1. The van der Waals surface area contributed by atoms with E-state index in [9.17, 15) is 28.1 Å². The summed E-state index contributed by atoms with van der Waals surface area (Å²) in [6.07, 6.45) is -4.64. The Labute approximate surface area is 128 Å². The van der Waals surface area contributed by atoms with Gasteiger partial charge in [-0.15, -0.1) is 0 Å². The smallest absolute Gasteiger partial charge is 0.394 e. The molecule has 126 valence electrons. The van der Waals surface area contributed by atoms with Crippen LogP contribution in [0.4, 0.5) is 24.5 Å². The van der Waals surface area contributed by atoms with Crippen LogP contribution >= 0.6 is 0 Å². The summed E-state index contributed by atoms with van der Waals surface area (Å²) in [5, 5.41) is 19.8. The molecule has 23 heavy (non-hydrogen) atoms. The average molecular weight is 334 g/mol. The summed E-state index contributed by atoms with van der Waals surface area (Å²) in [6, 6.07) is 3.62. The second-order valence-electron chi connectivity index (χ2n) is 5.11. The lowest BCUT2D eigenvalue weighted by Crippen LogP contribution is -2.33. The molecule has 1 saturated heterocycles. The number of hydrogen-bond donors (Lipinski definition) is 1. The van der Waals surface area contributed by atoms with Crippen molar-refractivity contribution in [3.05, 3.63) is 28.3 Å². The molecule has 0 spiro atoms. The molecule has 1 N–H and O–H groups in total. The van der Waals surface area contributed by atoms with E-state index < -0.39 is 35.4 Å². The number of halogens is 3. The van der Waals surface area contributed by atoms with Crippen LogP contribution in [0.2, 0.25) is 0 Å². The van der Waals surface area contributed by atoms with Crippen LogP contribution < -0.4 is 9.64 Å². The van der Waals surface area contributed by atoms with Crippen LogP contribution in [0.1, 0.15) is 0 Å². The van der Waals surface area contributed by atoms with E-state index in [4.69, 9.17) is 9.84 Å². The molecular weight excluding hydrogens is 321 g/mol. The molecule has 1 fully saturated rings. The Hall–Kier alpha value is -2.52. The van der Waals surface area contributed by atoms with E-state index in [1.807, 2.05) is 0 Å². The summed E-state index contributed by atoms with van der Waals surface area (Å²) in [4.78, 5) is 22.4. The molecule has 0 unspecified atom stereocenters. The minimum absolute atomic E-state index is 0.102. The Bertz CT molecular complexity index is 635. The fraction of sp³-hybridized carbons (Fsp3) is 0.462. The summed E-state index contributed by atoms with van der Waals surface area (Å²) < 4.78 is 43.8. The molecule has 10 heteroatoms. The van der Waals surface area contributed by atoms with Gasteiger partial charge >= 0.3 is 17.8 Å². The number of anilines is 1. The van der Waals surface area contributed by atoms with Crippen molar-refractivity contribution >= 4 is 17.3 Å². The summed E-state index contributed by atoms with van der Waals surface area (Å²) in [5.41, 5.74) is -0.0805. The first-order chi connectivity index (χ1) is 10.6. The Kier molecular flexibility index (Phi) is 4.35. The van der Waals surface area contributed by atoms with Crippen molar-refractivity contribution in [2.75, 3.05) is 25.1 Å². The van der Waals surface area contributed by atoms with Crippen LogP contribution in [0, 0.1) is 22.0 Å². The maximum atomic E-state index is 13.0. The molecule has 7 nitrogen and oxygen atoms in total. The van der Waals surface area contributed by atoms with Gasteiger partial charge in [0.05, 0.1) is 23.9 Å². The first-order valence-corrected chi connectivity index (χ1v) is 6.52. The zero-order chi connectivity index (χ0) is 17.4. The number of methoxy groups -OCH3 is 1. The molecule has 0 aliphatic carbocycles. The minimum Gasteiger partial charge on any atom is -0.490 e. The number of benzene rings is 1. The molecule has 0 bridgehead atoms. The first kappa shape index (κ1) is 16.8. The highest BCUT2D eigenvalue weighted by Crippen LogP contribution is 2.41. The maximum Gasteiger partial charge on any atom is 0.394 e. The Balaban J connectivity index is 2.33. The molecule has 0 aromatic heterocycles. The Morgan fingerprint density at radius 2 is 2.09 bits per heavy atom. The lowest BCUT2D eigenvalue weighted by atomic mass is 9.96. The molecule has 1 aromatic carbocycles. The van der Waals surface area contributed by atoms with Crippen LogP contribution in [0.3, 0.4) is 0 Å². The SMILES string of the molecule is COc1cc(N2C[C@@H](C(F)(F)F)[C@H](C(=O)O)C2)ccc1[N+](=O)[O-]. The molecular formula is C13H13F3N2O5. The molecule has 1 aliphatic rings. The highest BCUT2D eigenvalue weighted by atomic mass is 19.4. The van der Waals surface area contributed by atoms with Gasteiger partial charge in [-0.3, -0.25) is 14.9 Å². The molecule has 0 saturated carbocycles. The maximum absolute atomic E-state index is 13.0. The van der Waals surface area contributed by atoms with Gasteiger partial charge in [0.25, 0.3) is 0 Å². The van der Waals surface area contributed by atoms with E-state index in [0.717, 1.165) is 6.07 Å². The first-order valence-electron chi connectivity index (χ1n) is 6.52. The number of nitro groups is 1. The van der Waals surface area contributed by atoms with E-state index in [-0.39, 0.29) is 23.7 Å². The zero-order valence-electron chi connectivity index (χ0n) is 11.9. The molecule has 1 heterocycles. The van der Waals surface area contributed by atoms with Gasteiger partial charge in [0.2, 0.25) is 0 Å². The standard InChI is InChI=1S/C13H13F3N2O5/c1-23-11-4-7(2-3-10(11)18(21)22)17-5-8(12(19)20)9(6-17)13(14,15)16/h2-4,8-9H,5-6H2,1H3,(H,19,20)/t8-,9-/m1/s1. The van der Waals surface area contributed by atoms with Crippen LogP contribution in [-0.4, -0.2) is 42.4 Å². The van der Waals surface area contributed by atoms with Crippen LogP contribution in [0.5, 0.6) is 5.75 Å². The molecule has 2 rings (SSSR count). The van der Waals surface area contributed by atoms with Gasteiger partial charge < -0.3 is 14.7 Å². The molecule has 0 radical (unpaired) electrons. The molecule has 2 atom stereocenters. The van der Waals surface area contributed by atoms with Crippen molar-refractivity contribution in [2.24, 2.45) is 11.8 Å². The van der Waals surface area contributed by atoms with Crippen molar-refractivity contribution in [3.63, 3.8) is 0 Å². The molecule has 1 aliphatic heterocycles. The average Bonchev–Trinajstić information content (AvgIpc) is 2.92. The molecule has 1 aromatic rings. The van der Waals surface area contributed by atoms with E-state index in [2.05, 4.69) is 0 Å². The molecule has 0 amide bonds. The highest BCUT2D eigenvalue weighted by molar-refractivity contribution is 5.73. The normalized spacial score (nSPS) is 21.3. The predicted molar refractivity (Wildman–Crippen MR) is 72.5 cm³/mol. The number of hydrogen-bond acceptors (Lipinski definition) is 5. The number of carbonyl (C=O) groups is 1. The second kappa shape index (κ2) is 5.94. The summed E-state index contributed by atoms with van der Waals surface area (Å²) in [7, 11) is 1.20. The summed E-state index contributed by atoms with van der Waals surface area (Å²) in [5.74, 6) is -5.21. The number of ether oxygens (including phenoxy) is 1. The third-order valence-corrected chi connectivity index (χ3v) is 3.78. The van der Waals surface area contributed by atoms with Crippen molar-refractivity contribution in [2.45, 2.75) is 6.18 Å². The van der Waals surface area contributed by atoms with Gasteiger partial charge in [-0.2, -0.15) is 13.2 Å².